The highest BCUT2D eigenvalue weighted by atomic mass is 16.5. The highest BCUT2D eigenvalue weighted by Gasteiger charge is 2.32. The van der Waals surface area contributed by atoms with Gasteiger partial charge in [0.05, 0.1) is 30.4 Å². The van der Waals surface area contributed by atoms with Crippen molar-refractivity contribution in [3.8, 4) is 5.75 Å². The van der Waals surface area contributed by atoms with Crippen molar-refractivity contribution in [1.82, 2.24) is 9.80 Å². The van der Waals surface area contributed by atoms with Crippen LogP contribution in [0.5, 0.6) is 5.75 Å². The summed E-state index contributed by atoms with van der Waals surface area (Å²) in [5.41, 5.74) is 9.96. The van der Waals surface area contributed by atoms with E-state index in [9.17, 15) is 19.5 Å². The molecule has 0 radical (unpaired) electrons. The number of amides is 3. The molecule has 0 aromatic heterocycles. The number of aliphatic hydroxyl groups is 1. The molecule has 3 amide bonds. The highest BCUT2D eigenvalue weighted by molar-refractivity contribution is 6.05. The number of fused-ring (bicyclic) bond motifs is 1. The van der Waals surface area contributed by atoms with Crippen LogP contribution in [0.3, 0.4) is 0 Å². The van der Waals surface area contributed by atoms with Crippen LogP contribution in [0.15, 0.2) is 66.7 Å². The van der Waals surface area contributed by atoms with Crippen LogP contribution in [0.1, 0.15) is 48.2 Å². The largest absolute Gasteiger partial charge is 0.488 e. The Hall–Kier alpha value is -4.41. The van der Waals surface area contributed by atoms with Crippen LogP contribution >= 0.6 is 0 Å². The van der Waals surface area contributed by atoms with E-state index in [1.54, 1.807) is 29.2 Å². The Morgan fingerprint density at radius 1 is 1.09 bits per heavy atom. The summed E-state index contributed by atoms with van der Waals surface area (Å²) in [4.78, 5) is 42.5. The van der Waals surface area contributed by atoms with E-state index in [1.807, 2.05) is 56.4 Å². The Labute approximate surface area is 264 Å². The average Bonchev–Trinajstić information content (AvgIpc) is 3.87. The zero-order chi connectivity index (χ0) is 32.1. The van der Waals surface area contributed by atoms with Gasteiger partial charge in [0.1, 0.15) is 11.9 Å². The molecule has 0 spiro atoms. The normalized spacial score (nSPS) is 19.0. The first kappa shape index (κ1) is 32.0. The summed E-state index contributed by atoms with van der Waals surface area (Å²) in [6.45, 7) is 5.40. The lowest BCUT2D eigenvalue weighted by Crippen LogP contribution is -2.47. The second-order valence-corrected chi connectivity index (χ2v) is 12.4. The van der Waals surface area contributed by atoms with Gasteiger partial charge in [0, 0.05) is 48.3 Å². The SMILES string of the molecule is C[C@H]1CN([C@@H](C)CO)C(=O)Cc2cc(NC(=O)C3CC3)ccc2O[C@H]1CN(C)Cc1ccc(C(=O)Nc2ccccc2N)cc1. The first-order valence-electron chi connectivity index (χ1n) is 15.6. The smallest absolute Gasteiger partial charge is 0.255 e. The fraction of sp³-hybridized carbons (Fsp3) is 0.400. The van der Waals surface area contributed by atoms with Gasteiger partial charge in [-0.25, -0.2) is 0 Å². The van der Waals surface area contributed by atoms with Crippen LogP contribution in [0.2, 0.25) is 0 Å². The summed E-state index contributed by atoms with van der Waals surface area (Å²) in [7, 11) is 2.01. The van der Waals surface area contributed by atoms with E-state index in [0.717, 1.165) is 18.4 Å². The number of ether oxygens (including phenoxy) is 1. The number of carbonyl (C=O) groups is 3. The van der Waals surface area contributed by atoms with Gasteiger partial charge in [-0.1, -0.05) is 31.2 Å². The molecule has 10 heteroatoms. The topological polar surface area (TPSA) is 137 Å². The summed E-state index contributed by atoms with van der Waals surface area (Å²) in [5, 5.41) is 15.7. The number of carbonyl (C=O) groups excluding carboxylic acids is 3. The van der Waals surface area contributed by atoms with Gasteiger partial charge in [-0.2, -0.15) is 0 Å². The molecule has 1 saturated carbocycles. The van der Waals surface area contributed by atoms with Crippen LogP contribution < -0.4 is 21.1 Å². The van der Waals surface area contributed by atoms with E-state index >= 15 is 0 Å². The Bertz CT molecular complexity index is 1520. The van der Waals surface area contributed by atoms with Crippen molar-refractivity contribution < 1.29 is 24.2 Å². The molecule has 0 unspecified atom stereocenters. The number of hydrogen-bond donors (Lipinski definition) is 4. The molecule has 1 fully saturated rings. The van der Waals surface area contributed by atoms with Crippen molar-refractivity contribution in [1.29, 1.82) is 0 Å². The molecule has 1 aliphatic heterocycles. The fourth-order valence-electron chi connectivity index (χ4n) is 5.57. The number of nitrogens with two attached hydrogens (primary N) is 1. The van der Waals surface area contributed by atoms with Gasteiger partial charge in [0.25, 0.3) is 5.91 Å². The van der Waals surface area contributed by atoms with Crippen molar-refractivity contribution in [2.75, 3.05) is 43.1 Å². The summed E-state index contributed by atoms with van der Waals surface area (Å²) >= 11 is 0. The zero-order valence-corrected chi connectivity index (χ0v) is 26.2. The maximum absolute atomic E-state index is 13.5. The molecule has 10 nitrogen and oxygen atoms in total. The molecule has 3 atom stereocenters. The first-order valence-corrected chi connectivity index (χ1v) is 15.6. The third kappa shape index (κ3) is 8.20. The van der Waals surface area contributed by atoms with E-state index in [4.69, 9.17) is 10.5 Å². The Morgan fingerprint density at radius 2 is 1.82 bits per heavy atom. The molecule has 238 valence electrons. The third-order valence-electron chi connectivity index (χ3n) is 8.50. The van der Waals surface area contributed by atoms with Crippen LogP contribution in [0.4, 0.5) is 17.1 Å². The zero-order valence-electron chi connectivity index (χ0n) is 26.2. The molecule has 3 aromatic carbocycles. The van der Waals surface area contributed by atoms with E-state index in [2.05, 4.69) is 22.5 Å². The minimum absolute atomic E-state index is 0.00321. The number of nitrogen functional groups attached to an aromatic ring is 1. The van der Waals surface area contributed by atoms with Crippen LogP contribution in [-0.4, -0.2) is 71.5 Å². The minimum atomic E-state index is -0.341. The van der Waals surface area contributed by atoms with E-state index in [-0.39, 0.29) is 54.7 Å². The van der Waals surface area contributed by atoms with E-state index < -0.39 is 0 Å². The van der Waals surface area contributed by atoms with Gasteiger partial charge in [-0.15, -0.1) is 0 Å². The molecule has 0 saturated heterocycles. The van der Waals surface area contributed by atoms with Crippen molar-refractivity contribution in [2.45, 2.75) is 51.8 Å². The quantitative estimate of drug-likeness (QED) is 0.252. The number of likely N-dealkylation sites (N-methyl/N-ethyl adjacent to an activating group) is 1. The van der Waals surface area contributed by atoms with Gasteiger partial charge in [0.2, 0.25) is 11.8 Å². The van der Waals surface area contributed by atoms with Crippen molar-refractivity contribution in [2.24, 2.45) is 11.8 Å². The maximum atomic E-state index is 13.5. The number of para-hydroxylation sites is 2. The summed E-state index contributed by atoms with van der Waals surface area (Å²) in [5.74, 6) is 0.325. The maximum Gasteiger partial charge on any atom is 0.255 e. The molecule has 2 aliphatic rings. The second kappa shape index (κ2) is 14.1. The molecule has 5 N–H and O–H groups in total. The molecule has 0 bridgehead atoms. The highest BCUT2D eigenvalue weighted by Crippen LogP contribution is 2.32. The molecule has 1 heterocycles. The molecule has 45 heavy (non-hydrogen) atoms. The minimum Gasteiger partial charge on any atom is -0.488 e. The van der Waals surface area contributed by atoms with Gasteiger partial charge < -0.3 is 31.1 Å². The molecular formula is C35H43N5O5. The summed E-state index contributed by atoms with van der Waals surface area (Å²) in [6, 6.07) is 19.8. The lowest BCUT2D eigenvalue weighted by Gasteiger charge is -2.34. The average molecular weight is 614 g/mol. The molecule has 3 aromatic rings. The first-order chi connectivity index (χ1) is 21.6. The van der Waals surface area contributed by atoms with Crippen LogP contribution in [-0.2, 0) is 22.6 Å². The number of anilines is 3. The predicted octanol–water partition coefficient (Wildman–Crippen LogP) is 4.15. The van der Waals surface area contributed by atoms with E-state index in [1.165, 1.54) is 0 Å². The number of nitrogens with one attached hydrogen (secondary N) is 2. The lowest BCUT2D eigenvalue weighted by molar-refractivity contribution is -0.134. The molecular weight excluding hydrogens is 570 g/mol. The van der Waals surface area contributed by atoms with Crippen molar-refractivity contribution in [3.63, 3.8) is 0 Å². The van der Waals surface area contributed by atoms with Crippen molar-refractivity contribution >= 4 is 34.8 Å². The second-order valence-electron chi connectivity index (χ2n) is 12.4. The number of nitrogens with zero attached hydrogens (tertiary/aromatic N) is 2. The third-order valence-corrected chi connectivity index (χ3v) is 8.50. The lowest BCUT2D eigenvalue weighted by atomic mass is 10.0. The fourth-order valence-corrected chi connectivity index (χ4v) is 5.57. The Morgan fingerprint density at radius 3 is 2.51 bits per heavy atom. The summed E-state index contributed by atoms with van der Waals surface area (Å²) < 4.78 is 6.63. The summed E-state index contributed by atoms with van der Waals surface area (Å²) in [6.07, 6.45) is 1.66. The standard InChI is InChI=1S/C35H43N5O5/c1-22-18-40(23(2)21-41)33(42)17-27-16-28(37-34(43)26-12-13-26)14-15-31(27)45-32(22)20-39(3)19-24-8-10-25(11-9-24)35(44)38-30-7-5-4-6-29(30)36/h4-11,14-16,22-23,26,32,41H,12-13,17-21,36H2,1-3H3,(H,37,43)(H,38,44)/t22-,23-,32-/m0/s1. The van der Waals surface area contributed by atoms with Gasteiger partial charge in [0.15, 0.2) is 0 Å². The number of benzene rings is 3. The van der Waals surface area contributed by atoms with Crippen LogP contribution in [0.25, 0.3) is 0 Å². The molecule has 5 rings (SSSR count). The van der Waals surface area contributed by atoms with Gasteiger partial charge >= 0.3 is 0 Å². The number of aliphatic hydroxyl groups excluding tert-OH is 1. The molecule has 1 aliphatic carbocycles. The van der Waals surface area contributed by atoms with Gasteiger partial charge in [-0.05, 0) is 74.8 Å². The van der Waals surface area contributed by atoms with Gasteiger partial charge in [-0.3, -0.25) is 19.3 Å². The predicted molar refractivity (Wildman–Crippen MR) is 175 cm³/mol. The Balaban J connectivity index is 1.29. The Kier molecular flexibility index (Phi) is 10.0. The number of rotatable bonds is 10. The van der Waals surface area contributed by atoms with E-state index in [0.29, 0.717) is 53.6 Å². The monoisotopic (exact) mass is 613 g/mol. The number of hydrogen-bond acceptors (Lipinski definition) is 7. The van der Waals surface area contributed by atoms with Crippen LogP contribution in [0, 0.1) is 11.8 Å². The van der Waals surface area contributed by atoms with Crippen molar-refractivity contribution in [3.05, 3.63) is 83.4 Å².